The van der Waals surface area contributed by atoms with Gasteiger partial charge in [0.25, 0.3) is 0 Å². The van der Waals surface area contributed by atoms with Gasteiger partial charge in [0.15, 0.2) is 0 Å². The van der Waals surface area contributed by atoms with Crippen LogP contribution in [0.1, 0.15) is 17.4 Å². The SMILES string of the molecule is CCOC(=O)c1cc2cccc(Cl)c2cn1. The van der Waals surface area contributed by atoms with Crippen molar-refractivity contribution in [2.75, 3.05) is 6.61 Å². The maximum absolute atomic E-state index is 11.5. The molecule has 0 aliphatic carbocycles. The minimum Gasteiger partial charge on any atom is -0.461 e. The molecule has 4 heteroatoms. The molecule has 16 heavy (non-hydrogen) atoms. The fourth-order valence-corrected chi connectivity index (χ4v) is 1.68. The standard InChI is InChI=1S/C12H10ClNO2/c1-2-16-12(15)11-6-8-4-3-5-10(13)9(8)7-14-11/h3-7H,2H2,1H3. The molecule has 0 saturated carbocycles. The first-order chi connectivity index (χ1) is 7.72. The molecule has 1 heterocycles. The Bertz CT molecular complexity index is 540. The summed E-state index contributed by atoms with van der Waals surface area (Å²) in [5.74, 6) is -0.413. The van der Waals surface area contributed by atoms with Crippen LogP contribution >= 0.6 is 11.6 Å². The Labute approximate surface area is 98.0 Å². The lowest BCUT2D eigenvalue weighted by molar-refractivity contribution is 0.0520. The van der Waals surface area contributed by atoms with Crippen molar-refractivity contribution in [3.05, 3.63) is 41.2 Å². The molecule has 0 bridgehead atoms. The predicted octanol–water partition coefficient (Wildman–Crippen LogP) is 3.06. The lowest BCUT2D eigenvalue weighted by atomic mass is 10.1. The van der Waals surface area contributed by atoms with Crippen LogP contribution in [-0.2, 0) is 4.74 Å². The van der Waals surface area contributed by atoms with Crippen LogP contribution in [0, 0.1) is 0 Å². The fourth-order valence-electron chi connectivity index (χ4n) is 1.45. The van der Waals surface area contributed by atoms with Gasteiger partial charge in [0.05, 0.1) is 6.61 Å². The minimum absolute atomic E-state index is 0.302. The zero-order chi connectivity index (χ0) is 11.5. The maximum atomic E-state index is 11.5. The summed E-state index contributed by atoms with van der Waals surface area (Å²) in [4.78, 5) is 15.5. The average Bonchev–Trinajstić information content (AvgIpc) is 2.29. The summed E-state index contributed by atoms with van der Waals surface area (Å²) >= 11 is 5.99. The highest BCUT2D eigenvalue weighted by Gasteiger charge is 2.09. The van der Waals surface area contributed by atoms with Crippen molar-refractivity contribution in [2.45, 2.75) is 6.92 Å². The zero-order valence-corrected chi connectivity index (χ0v) is 9.49. The van der Waals surface area contributed by atoms with Gasteiger partial charge in [-0.2, -0.15) is 0 Å². The van der Waals surface area contributed by atoms with Gasteiger partial charge in [0, 0.05) is 16.6 Å². The van der Waals surface area contributed by atoms with Gasteiger partial charge in [-0.1, -0.05) is 23.7 Å². The number of halogens is 1. The number of ether oxygens (including phenoxy) is 1. The average molecular weight is 236 g/mol. The van der Waals surface area contributed by atoms with Gasteiger partial charge in [-0.25, -0.2) is 9.78 Å². The second-order valence-electron chi connectivity index (χ2n) is 3.25. The summed E-state index contributed by atoms with van der Waals surface area (Å²) in [6, 6.07) is 7.18. The number of esters is 1. The molecular formula is C12H10ClNO2. The molecule has 2 aromatic rings. The zero-order valence-electron chi connectivity index (χ0n) is 8.74. The van der Waals surface area contributed by atoms with E-state index in [9.17, 15) is 4.79 Å². The van der Waals surface area contributed by atoms with Crippen molar-refractivity contribution in [3.8, 4) is 0 Å². The lowest BCUT2D eigenvalue weighted by Crippen LogP contribution is -2.06. The minimum atomic E-state index is -0.413. The molecule has 1 aromatic carbocycles. The first kappa shape index (κ1) is 10.9. The molecule has 0 aliphatic heterocycles. The largest absolute Gasteiger partial charge is 0.461 e. The second kappa shape index (κ2) is 4.49. The molecule has 0 amide bonds. The number of nitrogens with zero attached hydrogens (tertiary/aromatic N) is 1. The number of hydrogen-bond acceptors (Lipinski definition) is 3. The third kappa shape index (κ3) is 1.99. The van der Waals surface area contributed by atoms with E-state index in [1.165, 1.54) is 0 Å². The van der Waals surface area contributed by atoms with Crippen LogP contribution in [0.3, 0.4) is 0 Å². The number of carbonyl (C=O) groups excluding carboxylic acids is 1. The second-order valence-corrected chi connectivity index (χ2v) is 3.66. The van der Waals surface area contributed by atoms with Crippen LogP contribution in [0.5, 0.6) is 0 Å². The van der Waals surface area contributed by atoms with Gasteiger partial charge in [-0.3, -0.25) is 0 Å². The van der Waals surface area contributed by atoms with Crippen molar-refractivity contribution >= 4 is 28.3 Å². The van der Waals surface area contributed by atoms with Gasteiger partial charge in [-0.15, -0.1) is 0 Å². The number of rotatable bonds is 2. The Balaban J connectivity index is 2.48. The molecule has 3 nitrogen and oxygen atoms in total. The third-order valence-corrected chi connectivity index (χ3v) is 2.53. The lowest BCUT2D eigenvalue weighted by Gasteiger charge is -2.03. The highest BCUT2D eigenvalue weighted by molar-refractivity contribution is 6.35. The van der Waals surface area contributed by atoms with E-state index in [2.05, 4.69) is 4.98 Å². The van der Waals surface area contributed by atoms with Crippen LogP contribution in [0.15, 0.2) is 30.5 Å². The first-order valence-electron chi connectivity index (χ1n) is 4.93. The summed E-state index contributed by atoms with van der Waals surface area (Å²) in [6.45, 7) is 2.10. The highest BCUT2D eigenvalue weighted by Crippen LogP contribution is 2.22. The normalized spacial score (nSPS) is 10.4. The van der Waals surface area contributed by atoms with Crippen LogP contribution in [0.25, 0.3) is 10.8 Å². The molecule has 0 fully saturated rings. The van der Waals surface area contributed by atoms with E-state index in [0.29, 0.717) is 17.3 Å². The van der Waals surface area contributed by atoms with Crippen LogP contribution in [0.2, 0.25) is 5.02 Å². The molecule has 0 unspecified atom stereocenters. The predicted molar refractivity (Wildman–Crippen MR) is 62.7 cm³/mol. The summed E-state index contributed by atoms with van der Waals surface area (Å²) in [7, 11) is 0. The van der Waals surface area contributed by atoms with Crippen LogP contribution in [-0.4, -0.2) is 17.6 Å². The molecular weight excluding hydrogens is 226 g/mol. The quantitative estimate of drug-likeness (QED) is 0.751. The fraction of sp³-hybridized carbons (Fsp3) is 0.167. The van der Waals surface area contributed by atoms with E-state index in [4.69, 9.17) is 16.3 Å². The van der Waals surface area contributed by atoms with Crippen molar-refractivity contribution < 1.29 is 9.53 Å². The van der Waals surface area contributed by atoms with Crippen molar-refractivity contribution in [1.82, 2.24) is 4.98 Å². The Morgan fingerprint density at radius 2 is 2.31 bits per heavy atom. The molecule has 0 radical (unpaired) electrons. The summed E-state index contributed by atoms with van der Waals surface area (Å²) in [6.07, 6.45) is 1.59. The Morgan fingerprint density at radius 3 is 3.06 bits per heavy atom. The number of pyridine rings is 1. The van der Waals surface area contributed by atoms with Gasteiger partial charge in [-0.05, 0) is 24.4 Å². The van der Waals surface area contributed by atoms with Gasteiger partial charge < -0.3 is 4.74 Å². The molecule has 0 spiro atoms. The Hall–Kier alpha value is -1.61. The summed E-state index contributed by atoms with van der Waals surface area (Å²) < 4.78 is 4.87. The van der Waals surface area contributed by atoms with Crippen LogP contribution in [0.4, 0.5) is 0 Å². The van der Waals surface area contributed by atoms with E-state index in [0.717, 1.165) is 10.8 Å². The van der Waals surface area contributed by atoms with Crippen molar-refractivity contribution in [1.29, 1.82) is 0 Å². The van der Waals surface area contributed by atoms with E-state index in [-0.39, 0.29) is 0 Å². The smallest absolute Gasteiger partial charge is 0.356 e. The monoisotopic (exact) mass is 235 g/mol. The van der Waals surface area contributed by atoms with Gasteiger partial charge in [0.1, 0.15) is 5.69 Å². The van der Waals surface area contributed by atoms with E-state index in [1.807, 2.05) is 12.1 Å². The molecule has 0 saturated heterocycles. The van der Waals surface area contributed by atoms with E-state index < -0.39 is 5.97 Å². The summed E-state index contributed by atoms with van der Waals surface area (Å²) in [5.41, 5.74) is 0.302. The number of aromatic nitrogens is 1. The molecule has 82 valence electrons. The Morgan fingerprint density at radius 1 is 1.50 bits per heavy atom. The summed E-state index contributed by atoms with van der Waals surface area (Å²) in [5, 5.41) is 2.34. The molecule has 0 N–H and O–H groups in total. The van der Waals surface area contributed by atoms with Gasteiger partial charge in [0.2, 0.25) is 0 Å². The van der Waals surface area contributed by atoms with E-state index in [1.54, 1.807) is 25.3 Å². The number of carbonyl (C=O) groups is 1. The molecule has 0 atom stereocenters. The Kier molecular flexibility index (Phi) is 3.06. The van der Waals surface area contributed by atoms with Crippen molar-refractivity contribution in [2.24, 2.45) is 0 Å². The molecule has 1 aromatic heterocycles. The third-order valence-electron chi connectivity index (χ3n) is 2.20. The van der Waals surface area contributed by atoms with E-state index >= 15 is 0 Å². The van der Waals surface area contributed by atoms with Crippen molar-refractivity contribution in [3.63, 3.8) is 0 Å². The number of fused-ring (bicyclic) bond motifs is 1. The number of benzene rings is 1. The topological polar surface area (TPSA) is 39.2 Å². The maximum Gasteiger partial charge on any atom is 0.356 e. The highest BCUT2D eigenvalue weighted by atomic mass is 35.5. The first-order valence-corrected chi connectivity index (χ1v) is 5.31. The van der Waals surface area contributed by atoms with Crippen LogP contribution < -0.4 is 0 Å². The number of hydrogen-bond donors (Lipinski definition) is 0. The molecule has 0 aliphatic rings. The molecule has 2 rings (SSSR count). The van der Waals surface area contributed by atoms with Gasteiger partial charge >= 0.3 is 5.97 Å².